The predicted molar refractivity (Wildman–Crippen MR) is 170 cm³/mol. The van der Waals surface area contributed by atoms with Crippen LogP contribution in [0.3, 0.4) is 0 Å². The first-order chi connectivity index (χ1) is 20.6. The molecule has 3 aromatic heterocycles. The van der Waals surface area contributed by atoms with E-state index in [0.717, 1.165) is 74.9 Å². The number of H-pyrrole nitrogens is 1. The van der Waals surface area contributed by atoms with E-state index in [9.17, 15) is 0 Å². The van der Waals surface area contributed by atoms with Crippen LogP contribution in [0, 0.1) is 0 Å². The Morgan fingerprint density at radius 3 is 2.14 bits per heavy atom. The topological polar surface area (TPSA) is 93.8 Å². The van der Waals surface area contributed by atoms with Gasteiger partial charge >= 0.3 is 0 Å². The molecular formula is C32H36Cl2N8. The minimum absolute atomic E-state index is 0.510. The van der Waals surface area contributed by atoms with Crippen LogP contribution < -0.4 is 16.0 Å². The summed E-state index contributed by atoms with van der Waals surface area (Å²) in [5.74, 6) is 0.852. The Labute approximate surface area is 256 Å². The van der Waals surface area contributed by atoms with Crippen LogP contribution in [0.25, 0.3) is 11.0 Å². The van der Waals surface area contributed by atoms with E-state index in [1.165, 1.54) is 16.7 Å². The van der Waals surface area contributed by atoms with E-state index in [2.05, 4.69) is 65.1 Å². The van der Waals surface area contributed by atoms with Gasteiger partial charge in [0.25, 0.3) is 0 Å². The molecule has 10 heteroatoms. The van der Waals surface area contributed by atoms with Crippen LogP contribution in [-0.2, 0) is 32.7 Å². The summed E-state index contributed by atoms with van der Waals surface area (Å²) < 4.78 is 0. The molecule has 0 saturated carbocycles. The Balaban J connectivity index is 1.09. The van der Waals surface area contributed by atoms with E-state index in [4.69, 9.17) is 23.2 Å². The zero-order valence-electron chi connectivity index (χ0n) is 23.5. The lowest BCUT2D eigenvalue weighted by atomic mass is 10.1. The van der Waals surface area contributed by atoms with Gasteiger partial charge in [0.2, 0.25) is 0 Å². The number of aromatic amines is 1. The van der Waals surface area contributed by atoms with Crippen molar-refractivity contribution in [2.75, 3.05) is 26.2 Å². The Bertz CT molecular complexity index is 1420. The third kappa shape index (κ3) is 9.32. The van der Waals surface area contributed by atoms with Gasteiger partial charge in [-0.2, -0.15) is 0 Å². The number of halogens is 2. The number of rotatable bonds is 16. The molecule has 0 aliphatic rings. The molecule has 0 spiro atoms. The van der Waals surface area contributed by atoms with Gasteiger partial charge in [-0.05, 0) is 53.1 Å². The first-order valence-corrected chi connectivity index (χ1v) is 14.9. The average molecular weight is 604 g/mol. The monoisotopic (exact) mass is 602 g/mol. The van der Waals surface area contributed by atoms with E-state index in [1.54, 1.807) is 6.07 Å². The molecule has 2 aromatic carbocycles. The summed E-state index contributed by atoms with van der Waals surface area (Å²) in [6, 6.07) is 22.5. The van der Waals surface area contributed by atoms with Gasteiger partial charge in [0.15, 0.2) is 0 Å². The number of nitrogens with zero attached hydrogens (tertiary/aromatic N) is 4. The quantitative estimate of drug-likeness (QED) is 0.113. The lowest BCUT2D eigenvalue weighted by molar-refractivity contribution is 0.264. The van der Waals surface area contributed by atoms with Crippen LogP contribution in [0.15, 0.2) is 85.3 Å². The Morgan fingerprint density at radius 2 is 1.38 bits per heavy atom. The zero-order chi connectivity index (χ0) is 29.0. The number of fused-ring (bicyclic) bond motifs is 1. The zero-order valence-corrected chi connectivity index (χ0v) is 25.0. The Morgan fingerprint density at radius 1 is 0.690 bits per heavy atom. The van der Waals surface area contributed by atoms with Crippen molar-refractivity contribution in [3.8, 4) is 0 Å². The maximum atomic E-state index is 6.13. The molecule has 0 radical (unpaired) electrons. The van der Waals surface area contributed by atoms with E-state index < -0.39 is 0 Å². The maximum Gasteiger partial charge on any atom is 0.121 e. The van der Waals surface area contributed by atoms with Gasteiger partial charge in [-0.3, -0.25) is 14.9 Å². The van der Waals surface area contributed by atoms with Crippen molar-refractivity contribution in [3.05, 3.63) is 124 Å². The number of benzene rings is 2. The van der Waals surface area contributed by atoms with Gasteiger partial charge in [0.1, 0.15) is 5.82 Å². The summed E-state index contributed by atoms with van der Waals surface area (Å²) in [5.41, 5.74) is 6.52. The molecule has 0 saturated heterocycles. The minimum Gasteiger partial charge on any atom is -0.341 e. The Kier molecular flexibility index (Phi) is 11.3. The largest absolute Gasteiger partial charge is 0.341 e. The second-order valence-electron chi connectivity index (χ2n) is 10.2. The van der Waals surface area contributed by atoms with Crippen molar-refractivity contribution in [1.29, 1.82) is 0 Å². The summed E-state index contributed by atoms with van der Waals surface area (Å²) in [6.07, 6.45) is 5.51. The SMILES string of the molecule is Clc1cc2nc(CNCc3ccc(CN(CCNCc4ccncc4)CCNCc4ccccn4)cc3)[nH]c2cc1Cl. The van der Waals surface area contributed by atoms with E-state index in [0.29, 0.717) is 16.6 Å². The molecule has 0 fully saturated rings. The highest BCUT2D eigenvalue weighted by molar-refractivity contribution is 6.42. The second kappa shape index (κ2) is 15.7. The van der Waals surface area contributed by atoms with Gasteiger partial charge in [-0.15, -0.1) is 0 Å². The molecule has 3 heterocycles. The predicted octanol–water partition coefficient (Wildman–Crippen LogP) is 5.33. The minimum atomic E-state index is 0.510. The lowest BCUT2D eigenvalue weighted by Crippen LogP contribution is -2.36. The van der Waals surface area contributed by atoms with Crippen molar-refractivity contribution in [2.24, 2.45) is 0 Å². The van der Waals surface area contributed by atoms with Crippen molar-refractivity contribution in [2.45, 2.75) is 32.7 Å². The van der Waals surface area contributed by atoms with Crippen molar-refractivity contribution in [1.82, 2.24) is 40.8 Å². The number of aromatic nitrogens is 4. The maximum absolute atomic E-state index is 6.13. The van der Waals surface area contributed by atoms with Gasteiger partial charge < -0.3 is 20.9 Å². The number of hydrogen-bond acceptors (Lipinski definition) is 7. The first-order valence-electron chi connectivity index (χ1n) is 14.2. The summed E-state index contributed by atoms with van der Waals surface area (Å²) in [6.45, 7) is 7.57. The molecule has 8 nitrogen and oxygen atoms in total. The summed E-state index contributed by atoms with van der Waals surface area (Å²) in [7, 11) is 0. The van der Waals surface area contributed by atoms with Gasteiger partial charge in [0, 0.05) is 70.9 Å². The number of imidazole rings is 1. The van der Waals surface area contributed by atoms with Gasteiger partial charge in [-0.1, -0.05) is 53.5 Å². The van der Waals surface area contributed by atoms with Crippen molar-refractivity contribution < 1.29 is 0 Å². The summed E-state index contributed by atoms with van der Waals surface area (Å²) in [5, 5.41) is 11.6. The van der Waals surface area contributed by atoms with E-state index in [-0.39, 0.29) is 0 Å². The second-order valence-corrected chi connectivity index (χ2v) is 11.0. The third-order valence-electron chi connectivity index (χ3n) is 6.94. The van der Waals surface area contributed by atoms with Crippen molar-refractivity contribution >= 4 is 34.2 Å². The molecule has 4 N–H and O–H groups in total. The van der Waals surface area contributed by atoms with E-state index >= 15 is 0 Å². The molecule has 0 aliphatic carbocycles. The molecule has 42 heavy (non-hydrogen) atoms. The highest BCUT2D eigenvalue weighted by Gasteiger charge is 2.09. The third-order valence-corrected chi connectivity index (χ3v) is 7.67. The molecule has 5 rings (SSSR count). The molecule has 5 aromatic rings. The van der Waals surface area contributed by atoms with Crippen LogP contribution in [0.2, 0.25) is 10.0 Å². The fourth-order valence-electron chi connectivity index (χ4n) is 4.68. The molecule has 218 valence electrons. The molecule has 0 bridgehead atoms. The fraction of sp³-hybridized carbons (Fsp3) is 0.281. The normalized spacial score (nSPS) is 11.5. The average Bonchev–Trinajstić information content (AvgIpc) is 3.40. The highest BCUT2D eigenvalue weighted by Crippen LogP contribution is 2.26. The van der Waals surface area contributed by atoms with Crippen molar-refractivity contribution in [3.63, 3.8) is 0 Å². The molecular weight excluding hydrogens is 567 g/mol. The van der Waals surface area contributed by atoms with Crippen LogP contribution in [0.5, 0.6) is 0 Å². The summed E-state index contributed by atoms with van der Waals surface area (Å²) in [4.78, 5) is 18.9. The molecule has 0 aliphatic heterocycles. The van der Waals surface area contributed by atoms with Crippen LogP contribution in [0.4, 0.5) is 0 Å². The fourth-order valence-corrected chi connectivity index (χ4v) is 5.01. The lowest BCUT2D eigenvalue weighted by Gasteiger charge is -2.23. The van der Waals surface area contributed by atoms with Gasteiger partial charge in [0.05, 0.1) is 33.3 Å². The van der Waals surface area contributed by atoms with Crippen LogP contribution >= 0.6 is 23.2 Å². The standard InChI is InChI=1S/C32H36Cl2N8/c33-28-17-30-31(18-29(28)34)41-32(40-30)22-38-20-24-4-6-26(7-5-24)23-42(15-13-36-19-25-8-11-35-12-9-25)16-14-37-21-27-3-1-2-10-39-27/h1-12,17-18,36-38H,13-16,19-23H2,(H,40,41). The van der Waals surface area contributed by atoms with Crippen LogP contribution in [0.1, 0.15) is 28.2 Å². The highest BCUT2D eigenvalue weighted by atomic mass is 35.5. The Hall–Kier alpha value is -3.37. The number of pyridine rings is 2. The van der Waals surface area contributed by atoms with E-state index in [1.807, 2.05) is 55.0 Å². The number of hydrogen-bond donors (Lipinski definition) is 4. The number of nitrogens with one attached hydrogen (secondary N) is 4. The molecule has 0 amide bonds. The molecule has 0 atom stereocenters. The molecule has 0 unspecified atom stereocenters. The summed E-state index contributed by atoms with van der Waals surface area (Å²) >= 11 is 12.2. The smallest absolute Gasteiger partial charge is 0.121 e. The van der Waals surface area contributed by atoms with Crippen LogP contribution in [-0.4, -0.2) is 51.0 Å². The van der Waals surface area contributed by atoms with Gasteiger partial charge in [-0.25, -0.2) is 4.98 Å². The first kappa shape index (κ1) is 30.1.